The maximum atomic E-state index is 12.8. The van der Waals surface area contributed by atoms with Crippen molar-refractivity contribution >= 4 is 40.8 Å². The maximum Gasteiger partial charge on any atom is 0.344 e. The van der Waals surface area contributed by atoms with Crippen LogP contribution < -0.4 is 15.0 Å². The van der Waals surface area contributed by atoms with Gasteiger partial charge in [-0.3, -0.25) is 14.5 Å². The van der Waals surface area contributed by atoms with Crippen molar-refractivity contribution in [3.63, 3.8) is 0 Å². The number of nitrogens with zero attached hydrogens (tertiary/aromatic N) is 1. The molecule has 1 N–H and O–H groups in total. The molecule has 3 rings (SSSR count). The Hall–Kier alpha value is -3.06. The maximum absolute atomic E-state index is 12.8. The zero-order valence-corrected chi connectivity index (χ0v) is 16.2. The predicted molar refractivity (Wildman–Crippen MR) is 105 cm³/mol. The molecule has 0 radical (unpaired) electrons. The Morgan fingerprint density at radius 2 is 1.75 bits per heavy atom. The summed E-state index contributed by atoms with van der Waals surface area (Å²) in [4.78, 5) is 38.4. The fourth-order valence-corrected chi connectivity index (χ4v) is 3.04. The largest absolute Gasteiger partial charge is 0.480 e. The molecule has 28 heavy (non-hydrogen) atoms. The number of halogens is 1. The number of carbonyl (C=O) groups excluding carboxylic acids is 3. The van der Waals surface area contributed by atoms with Crippen LogP contribution >= 0.6 is 11.6 Å². The Labute approximate surface area is 167 Å². The summed E-state index contributed by atoms with van der Waals surface area (Å²) in [6, 6.07) is 13.6. The van der Waals surface area contributed by atoms with E-state index >= 15 is 0 Å². The average Bonchev–Trinajstić information content (AvgIpc) is 2.66. The SMILES string of the molecule is CC1(C)C(=O)Nc2ccccc2N1C(=O)COC(=O)COc1ccccc1Cl. The van der Waals surface area contributed by atoms with Crippen molar-refractivity contribution < 1.29 is 23.9 Å². The zero-order chi connectivity index (χ0) is 20.3. The van der Waals surface area contributed by atoms with Crippen molar-refractivity contribution in [1.82, 2.24) is 0 Å². The number of hydrogen-bond donors (Lipinski definition) is 1. The van der Waals surface area contributed by atoms with E-state index in [0.717, 1.165) is 0 Å². The van der Waals surface area contributed by atoms with E-state index in [-0.39, 0.29) is 5.91 Å². The Morgan fingerprint density at radius 1 is 1.07 bits per heavy atom. The number of fused-ring (bicyclic) bond motifs is 1. The molecule has 0 saturated carbocycles. The van der Waals surface area contributed by atoms with Gasteiger partial charge in [-0.2, -0.15) is 0 Å². The van der Waals surface area contributed by atoms with Gasteiger partial charge in [-0.05, 0) is 38.1 Å². The molecule has 0 bridgehead atoms. The number of rotatable bonds is 5. The van der Waals surface area contributed by atoms with Crippen molar-refractivity contribution in [2.45, 2.75) is 19.4 Å². The lowest BCUT2D eigenvalue weighted by molar-refractivity contribution is -0.150. The van der Waals surface area contributed by atoms with Gasteiger partial charge in [-0.25, -0.2) is 4.79 Å². The van der Waals surface area contributed by atoms with Gasteiger partial charge in [0.2, 0.25) is 5.91 Å². The monoisotopic (exact) mass is 402 g/mol. The van der Waals surface area contributed by atoms with Crippen molar-refractivity contribution in [2.24, 2.45) is 0 Å². The van der Waals surface area contributed by atoms with Crippen molar-refractivity contribution in [1.29, 1.82) is 0 Å². The van der Waals surface area contributed by atoms with Crippen LogP contribution in [-0.2, 0) is 19.1 Å². The Kier molecular flexibility index (Phi) is 5.56. The summed E-state index contributed by atoms with van der Waals surface area (Å²) in [6.07, 6.45) is 0. The minimum atomic E-state index is -1.13. The van der Waals surface area contributed by atoms with Crippen LogP contribution in [0.1, 0.15) is 13.8 Å². The fraction of sp³-hybridized carbons (Fsp3) is 0.250. The minimum Gasteiger partial charge on any atom is -0.480 e. The molecule has 8 heteroatoms. The van der Waals surface area contributed by atoms with E-state index in [1.165, 1.54) is 4.90 Å². The first-order valence-corrected chi connectivity index (χ1v) is 8.95. The molecule has 0 saturated heterocycles. The third-order valence-electron chi connectivity index (χ3n) is 4.30. The first kappa shape index (κ1) is 19.7. The van der Waals surface area contributed by atoms with Gasteiger partial charge >= 0.3 is 5.97 Å². The highest BCUT2D eigenvalue weighted by Crippen LogP contribution is 2.36. The van der Waals surface area contributed by atoms with Gasteiger partial charge in [0.25, 0.3) is 5.91 Å². The number of benzene rings is 2. The van der Waals surface area contributed by atoms with Crippen LogP contribution in [0, 0.1) is 0 Å². The lowest BCUT2D eigenvalue weighted by Crippen LogP contribution is -2.59. The Morgan fingerprint density at radius 3 is 2.50 bits per heavy atom. The zero-order valence-electron chi connectivity index (χ0n) is 15.4. The molecule has 0 spiro atoms. The summed E-state index contributed by atoms with van der Waals surface area (Å²) >= 11 is 5.95. The molecule has 1 aliphatic rings. The van der Waals surface area contributed by atoms with E-state index in [1.807, 2.05) is 0 Å². The molecular formula is C20H19ClN2O5. The number of para-hydroxylation sites is 3. The summed E-state index contributed by atoms with van der Waals surface area (Å²) in [5.74, 6) is -1.22. The molecule has 7 nitrogen and oxygen atoms in total. The number of anilines is 2. The molecule has 0 aliphatic carbocycles. The summed E-state index contributed by atoms with van der Waals surface area (Å²) in [5.41, 5.74) is -0.0691. The second kappa shape index (κ2) is 7.90. The molecule has 0 fully saturated rings. The lowest BCUT2D eigenvalue weighted by atomic mass is 9.96. The topological polar surface area (TPSA) is 84.9 Å². The number of esters is 1. The predicted octanol–water partition coefficient (Wildman–Crippen LogP) is 3.03. The number of amides is 2. The molecular weight excluding hydrogens is 384 g/mol. The van der Waals surface area contributed by atoms with Gasteiger partial charge in [0.1, 0.15) is 11.3 Å². The summed E-state index contributed by atoms with van der Waals surface area (Å²) in [7, 11) is 0. The second-order valence-electron chi connectivity index (χ2n) is 6.64. The number of ether oxygens (including phenoxy) is 2. The van der Waals surface area contributed by atoms with Gasteiger partial charge < -0.3 is 14.8 Å². The molecule has 2 aromatic carbocycles. The third-order valence-corrected chi connectivity index (χ3v) is 4.61. The highest BCUT2D eigenvalue weighted by Gasteiger charge is 2.43. The average molecular weight is 403 g/mol. The van der Waals surface area contributed by atoms with Gasteiger partial charge in [0, 0.05) is 0 Å². The third kappa shape index (κ3) is 3.94. The second-order valence-corrected chi connectivity index (χ2v) is 7.05. The van der Waals surface area contributed by atoms with E-state index in [9.17, 15) is 14.4 Å². The minimum absolute atomic E-state index is 0.326. The van der Waals surface area contributed by atoms with E-state index in [2.05, 4.69) is 5.32 Å². The molecule has 2 aromatic rings. The molecule has 1 aliphatic heterocycles. The van der Waals surface area contributed by atoms with Crippen LogP contribution in [0.15, 0.2) is 48.5 Å². The Balaban J connectivity index is 1.64. The first-order chi connectivity index (χ1) is 13.3. The van der Waals surface area contributed by atoms with Crippen molar-refractivity contribution in [3.05, 3.63) is 53.6 Å². The van der Waals surface area contributed by atoms with E-state index < -0.39 is 30.6 Å². The quantitative estimate of drug-likeness (QED) is 0.777. The van der Waals surface area contributed by atoms with Crippen molar-refractivity contribution in [3.8, 4) is 5.75 Å². The highest BCUT2D eigenvalue weighted by molar-refractivity contribution is 6.32. The fourth-order valence-electron chi connectivity index (χ4n) is 2.85. The van der Waals surface area contributed by atoms with Gasteiger partial charge in [-0.1, -0.05) is 35.9 Å². The van der Waals surface area contributed by atoms with Crippen LogP contribution in [0.25, 0.3) is 0 Å². The molecule has 0 unspecified atom stereocenters. The van der Waals surface area contributed by atoms with Crippen LogP contribution in [-0.4, -0.2) is 36.5 Å². The van der Waals surface area contributed by atoms with E-state index in [4.69, 9.17) is 21.1 Å². The normalized spacial score (nSPS) is 14.7. The first-order valence-electron chi connectivity index (χ1n) is 8.57. The van der Waals surface area contributed by atoms with Crippen LogP contribution in [0.5, 0.6) is 5.75 Å². The number of hydrogen-bond acceptors (Lipinski definition) is 5. The van der Waals surface area contributed by atoms with Gasteiger partial charge in [0.05, 0.1) is 16.4 Å². The molecule has 1 heterocycles. The van der Waals surface area contributed by atoms with Crippen LogP contribution in [0.3, 0.4) is 0 Å². The summed E-state index contributed by atoms with van der Waals surface area (Å²) in [6.45, 7) is 2.34. The van der Waals surface area contributed by atoms with E-state index in [0.29, 0.717) is 22.1 Å². The van der Waals surface area contributed by atoms with Crippen LogP contribution in [0.2, 0.25) is 5.02 Å². The highest BCUT2D eigenvalue weighted by atomic mass is 35.5. The van der Waals surface area contributed by atoms with Gasteiger partial charge in [-0.15, -0.1) is 0 Å². The lowest BCUT2D eigenvalue weighted by Gasteiger charge is -2.41. The standard InChI is InChI=1S/C20H19ClN2O5/c1-20(2)19(26)22-14-8-4-5-9-15(14)23(20)17(24)11-28-18(25)12-27-16-10-6-3-7-13(16)21/h3-10H,11-12H2,1-2H3,(H,22,26). The molecule has 0 atom stereocenters. The van der Waals surface area contributed by atoms with E-state index in [1.54, 1.807) is 62.4 Å². The molecule has 146 valence electrons. The smallest absolute Gasteiger partial charge is 0.344 e. The number of carbonyl (C=O) groups is 3. The Bertz CT molecular complexity index is 928. The van der Waals surface area contributed by atoms with Crippen LogP contribution in [0.4, 0.5) is 11.4 Å². The number of nitrogens with one attached hydrogen (secondary N) is 1. The van der Waals surface area contributed by atoms with Gasteiger partial charge in [0.15, 0.2) is 13.2 Å². The summed E-state index contributed by atoms with van der Waals surface area (Å²) in [5, 5.41) is 3.14. The van der Waals surface area contributed by atoms with Crippen molar-refractivity contribution in [2.75, 3.05) is 23.4 Å². The molecule has 2 amide bonds. The molecule has 0 aromatic heterocycles. The summed E-state index contributed by atoms with van der Waals surface area (Å²) < 4.78 is 10.3.